The molecule has 0 radical (unpaired) electrons. The summed E-state index contributed by atoms with van der Waals surface area (Å²) in [4.78, 5) is 3.23. The van der Waals surface area contributed by atoms with E-state index in [2.05, 4.69) is 4.98 Å². The van der Waals surface area contributed by atoms with Crippen LogP contribution in [0.3, 0.4) is 0 Å². The first kappa shape index (κ1) is 9.98. The predicted molar refractivity (Wildman–Crippen MR) is 39.8 cm³/mol. The minimum atomic E-state index is -2.79. The Morgan fingerprint density at radius 1 is 1.54 bits per heavy atom. The highest BCUT2D eigenvalue weighted by atomic mass is 19.3. The summed E-state index contributed by atoms with van der Waals surface area (Å²) in [6, 6.07) is 0. The van der Waals surface area contributed by atoms with Crippen LogP contribution >= 0.6 is 0 Å². The molecule has 72 valence electrons. The SMILES string of the molecule is Cc1cnc(F)c(CO)c1C(F)F. The maximum Gasteiger partial charge on any atom is 0.264 e. The van der Waals surface area contributed by atoms with Gasteiger partial charge in [-0.2, -0.15) is 4.39 Å². The fourth-order valence-electron chi connectivity index (χ4n) is 1.10. The van der Waals surface area contributed by atoms with Crippen LogP contribution < -0.4 is 0 Å². The molecule has 0 spiro atoms. The Bertz CT molecular complexity index is 315. The van der Waals surface area contributed by atoms with Gasteiger partial charge in [-0.05, 0) is 12.5 Å². The quantitative estimate of drug-likeness (QED) is 0.725. The van der Waals surface area contributed by atoms with Crippen molar-refractivity contribution in [2.24, 2.45) is 0 Å². The standard InChI is InChI=1S/C8H8F3NO/c1-4-2-12-8(11)5(3-13)6(4)7(9)10/h2,7,13H,3H2,1H3. The van der Waals surface area contributed by atoms with E-state index in [1.165, 1.54) is 6.92 Å². The first-order chi connectivity index (χ1) is 6.07. The van der Waals surface area contributed by atoms with Gasteiger partial charge in [-0.3, -0.25) is 0 Å². The van der Waals surface area contributed by atoms with Gasteiger partial charge in [0.2, 0.25) is 5.95 Å². The van der Waals surface area contributed by atoms with Crippen molar-refractivity contribution >= 4 is 0 Å². The highest BCUT2D eigenvalue weighted by molar-refractivity contribution is 5.32. The normalized spacial score (nSPS) is 10.9. The Morgan fingerprint density at radius 2 is 2.15 bits per heavy atom. The Morgan fingerprint density at radius 3 is 2.54 bits per heavy atom. The van der Waals surface area contributed by atoms with E-state index in [1.54, 1.807) is 0 Å². The molecule has 0 aliphatic heterocycles. The van der Waals surface area contributed by atoms with Gasteiger partial charge in [0.15, 0.2) is 0 Å². The number of alkyl halides is 2. The first-order valence-corrected chi connectivity index (χ1v) is 3.60. The number of pyridine rings is 1. The number of hydrogen-bond donors (Lipinski definition) is 1. The van der Waals surface area contributed by atoms with Crippen LogP contribution in [0.5, 0.6) is 0 Å². The van der Waals surface area contributed by atoms with E-state index in [4.69, 9.17) is 5.11 Å². The second kappa shape index (κ2) is 3.74. The summed E-state index contributed by atoms with van der Waals surface area (Å²) >= 11 is 0. The summed E-state index contributed by atoms with van der Waals surface area (Å²) in [5.41, 5.74) is -0.703. The number of rotatable bonds is 2. The molecule has 1 N–H and O–H groups in total. The molecule has 0 aliphatic carbocycles. The molecule has 1 aromatic heterocycles. The zero-order valence-corrected chi connectivity index (χ0v) is 6.89. The Kier molecular flexibility index (Phi) is 2.87. The lowest BCUT2D eigenvalue weighted by atomic mass is 10.1. The van der Waals surface area contributed by atoms with Crippen LogP contribution in [0.4, 0.5) is 13.2 Å². The lowest BCUT2D eigenvalue weighted by Gasteiger charge is -2.09. The molecular formula is C8H8F3NO. The third-order valence-corrected chi connectivity index (χ3v) is 1.75. The largest absolute Gasteiger partial charge is 0.391 e. The van der Waals surface area contributed by atoms with E-state index < -0.39 is 30.1 Å². The van der Waals surface area contributed by atoms with Crippen LogP contribution in [0.15, 0.2) is 6.20 Å². The average molecular weight is 191 g/mol. The van der Waals surface area contributed by atoms with Gasteiger partial charge < -0.3 is 5.11 Å². The molecule has 0 fully saturated rings. The molecule has 13 heavy (non-hydrogen) atoms. The fourth-order valence-corrected chi connectivity index (χ4v) is 1.10. The van der Waals surface area contributed by atoms with Crippen molar-refractivity contribution in [1.29, 1.82) is 0 Å². The van der Waals surface area contributed by atoms with E-state index in [0.717, 1.165) is 6.20 Å². The third kappa shape index (κ3) is 1.80. The van der Waals surface area contributed by atoms with E-state index in [1.807, 2.05) is 0 Å². The van der Waals surface area contributed by atoms with E-state index >= 15 is 0 Å². The Labute approximate surface area is 73.0 Å². The van der Waals surface area contributed by atoms with Crippen molar-refractivity contribution in [3.05, 3.63) is 28.8 Å². The number of aliphatic hydroxyl groups is 1. The number of nitrogens with zero attached hydrogens (tertiary/aromatic N) is 1. The van der Waals surface area contributed by atoms with Gasteiger partial charge in [0.05, 0.1) is 6.61 Å². The van der Waals surface area contributed by atoms with Gasteiger partial charge in [-0.25, -0.2) is 13.8 Å². The first-order valence-electron chi connectivity index (χ1n) is 3.60. The maximum atomic E-state index is 12.8. The van der Waals surface area contributed by atoms with Crippen LogP contribution in [-0.4, -0.2) is 10.1 Å². The molecule has 1 aromatic rings. The van der Waals surface area contributed by atoms with Crippen molar-refractivity contribution < 1.29 is 18.3 Å². The topological polar surface area (TPSA) is 33.1 Å². The lowest BCUT2D eigenvalue weighted by Crippen LogP contribution is -2.03. The summed E-state index contributed by atoms with van der Waals surface area (Å²) in [5.74, 6) is -1.04. The van der Waals surface area contributed by atoms with Crippen molar-refractivity contribution in [2.75, 3.05) is 0 Å². The molecule has 0 aliphatic rings. The van der Waals surface area contributed by atoms with Gasteiger partial charge in [0.1, 0.15) is 0 Å². The summed E-state index contributed by atoms with van der Waals surface area (Å²) in [6.07, 6.45) is -1.77. The molecule has 0 aromatic carbocycles. The van der Waals surface area contributed by atoms with Crippen molar-refractivity contribution in [1.82, 2.24) is 4.98 Å². The second-order valence-electron chi connectivity index (χ2n) is 2.58. The molecule has 0 saturated carbocycles. The van der Waals surface area contributed by atoms with Crippen molar-refractivity contribution in [2.45, 2.75) is 20.0 Å². The summed E-state index contributed by atoms with van der Waals surface area (Å²) in [5, 5.41) is 8.66. The smallest absolute Gasteiger partial charge is 0.264 e. The molecule has 0 unspecified atom stereocenters. The minimum Gasteiger partial charge on any atom is -0.391 e. The number of aromatic nitrogens is 1. The van der Waals surface area contributed by atoms with Crippen LogP contribution in [0.1, 0.15) is 23.1 Å². The Hall–Kier alpha value is -1.10. The van der Waals surface area contributed by atoms with Crippen LogP contribution in [0.25, 0.3) is 0 Å². The summed E-state index contributed by atoms with van der Waals surface area (Å²) in [6.45, 7) is 0.632. The number of hydrogen-bond acceptors (Lipinski definition) is 2. The molecule has 0 saturated heterocycles. The van der Waals surface area contributed by atoms with Crippen LogP contribution in [-0.2, 0) is 6.61 Å². The zero-order valence-electron chi connectivity index (χ0n) is 6.89. The molecule has 1 heterocycles. The molecule has 1 rings (SSSR count). The summed E-state index contributed by atoms with van der Waals surface area (Å²) in [7, 11) is 0. The van der Waals surface area contributed by atoms with E-state index in [0.29, 0.717) is 0 Å². The number of halogens is 3. The van der Waals surface area contributed by atoms with Gasteiger partial charge in [-0.15, -0.1) is 0 Å². The Balaban J connectivity index is 3.35. The third-order valence-electron chi connectivity index (χ3n) is 1.75. The fraction of sp³-hybridized carbons (Fsp3) is 0.375. The van der Waals surface area contributed by atoms with E-state index in [9.17, 15) is 13.2 Å². The minimum absolute atomic E-state index is 0.181. The lowest BCUT2D eigenvalue weighted by molar-refractivity contribution is 0.144. The molecule has 0 bridgehead atoms. The molecular weight excluding hydrogens is 183 g/mol. The van der Waals surface area contributed by atoms with Gasteiger partial charge in [-0.1, -0.05) is 0 Å². The number of aryl methyl sites for hydroxylation is 1. The molecule has 0 atom stereocenters. The molecule has 0 amide bonds. The predicted octanol–water partition coefficient (Wildman–Crippen LogP) is 1.96. The van der Waals surface area contributed by atoms with Crippen molar-refractivity contribution in [3.8, 4) is 0 Å². The van der Waals surface area contributed by atoms with Gasteiger partial charge in [0.25, 0.3) is 6.43 Å². The maximum absolute atomic E-state index is 12.8. The van der Waals surface area contributed by atoms with Crippen molar-refractivity contribution in [3.63, 3.8) is 0 Å². The second-order valence-corrected chi connectivity index (χ2v) is 2.58. The molecule has 5 heteroatoms. The summed E-state index contributed by atoms with van der Waals surface area (Å²) < 4.78 is 37.5. The number of aliphatic hydroxyl groups excluding tert-OH is 1. The monoisotopic (exact) mass is 191 g/mol. The van der Waals surface area contributed by atoms with Gasteiger partial charge >= 0.3 is 0 Å². The zero-order chi connectivity index (χ0) is 10.0. The van der Waals surface area contributed by atoms with E-state index in [-0.39, 0.29) is 5.56 Å². The average Bonchev–Trinajstić information content (AvgIpc) is 2.07. The molecule has 2 nitrogen and oxygen atoms in total. The van der Waals surface area contributed by atoms with Crippen LogP contribution in [0.2, 0.25) is 0 Å². The van der Waals surface area contributed by atoms with Gasteiger partial charge in [0, 0.05) is 17.3 Å². The highest BCUT2D eigenvalue weighted by Gasteiger charge is 2.19. The highest BCUT2D eigenvalue weighted by Crippen LogP contribution is 2.27. The van der Waals surface area contributed by atoms with Crippen LogP contribution in [0, 0.1) is 12.9 Å².